The molecule has 0 bridgehead atoms. The van der Waals surface area contributed by atoms with Gasteiger partial charge in [0.1, 0.15) is 5.60 Å². The molecule has 104 valence electrons. The van der Waals surface area contributed by atoms with Crippen molar-refractivity contribution in [3.63, 3.8) is 0 Å². The second-order valence-corrected chi connectivity index (χ2v) is 5.70. The summed E-state index contributed by atoms with van der Waals surface area (Å²) in [5, 5.41) is 0. The lowest BCUT2D eigenvalue weighted by Crippen LogP contribution is -2.35. The van der Waals surface area contributed by atoms with Crippen LogP contribution in [-0.4, -0.2) is 42.8 Å². The molecule has 1 atom stereocenters. The molecule has 5 heteroatoms. The summed E-state index contributed by atoms with van der Waals surface area (Å²) in [5.41, 5.74) is -0.457. The van der Waals surface area contributed by atoms with Crippen molar-refractivity contribution in [3.8, 4) is 0 Å². The Morgan fingerprint density at radius 3 is 2.56 bits per heavy atom. The highest BCUT2D eigenvalue weighted by atomic mass is 16.6. The molecule has 0 N–H and O–H groups in total. The van der Waals surface area contributed by atoms with Crippen molar-refractivity contribution < 1.29 is 19.1 Å². The zero-order valence-electron chi connectivity index (χ0n) is 11.7. The molecule has 1 saturated heterocycles. The van der Waals surface area contributed by atoms with Crippen LogP contribution in [0.2, 0.25) is 0 Å². The molecule has 1 amide bonds. The van der Waals surface area contributed by atoms with E-state index in [1.807, 2.05) is 20.8 Å². The molecule has 1 heterocycles. The minimum Gasteiger partial charge on any atom is -0.469 e. The zero-order chi connectivity index (χ0) is 13.8. The second-order valence-electron chi connectivity index (χ2n) is 5.70. The highest BCUT2D eigenvalue weighted by molar-refractivity contribution is 5.69. The van der Waals surface area contributed by atoms with Crippen LogP contribution in [-0.2, 0) is 14.3 Å². The van der Waals surface area contributed by atoms with E-state index in [0.717, 1.165) is 12.8 Å². The molecular formula is C13H23NO4. The topological polar surface area (TPSA) is 55.8 Å². The first-order valence-electron chi connectivity index (χ1n) is 6.36. The van der Waals surface area contributed by atoms with Crippen LogP contribution in [0, 0.1) is 5.92 Å². The van der Waals surface area contributed by atoms with Crippen molar-refractivity contribution in [2.24, 2.45) is 5.92 Å². The highest BCUT2D eigenvalue weighted by Gasteiger charge is 2.29. The lowest BCUT2D eigenvalue weighted by molar-refractivity contribution is -0.140. The highest BCUT2D eigenvalue weighted by Crippen LogP contribution is 2.23. The normalized spacial score (nSPS) is 19.8. The fourth-order valence-electron chi connectivity index (χ4n) is 1.98. The summed E-state index contributed by atoms with van der Waals surface area (Å²) in [4.78, 5) is 24.6. The molecular weight excluding hydrogens is 234 g/mol. The molecule has 0 unspecified atom stereocenters. The third-order valence-corrected chi connectivity index (χ3v) is 2.92. The van der Waals surface area contributed by atoms with Gasteiger partial charge in [0.2, 0.25) is 0 Å². The summed E-state index contributed by atoms with van der Waals surface area (Å²) in [6.45, 7) is 6.95. The molecule has 1 rings (SSSR count). The van der Waals surface area contributed by atoms with Crippen molar-refractivity contribution in [2.75, 3.05) is 20.2 Å². The van der Waals surface area contributed by atoms with Gasteiger partial charge < -0.3 is 14.4 Å². The van der Waals surface area contributed by atoms with Gasteiger partial charge in [-0.3, -0.25) is 4.79 Å². The summed E-state index contributed by atoms with van der Waals surface area (Å²) in [6.07, 6.45) is 1.86. The molecule has 0 aromatic rings. The first-order chi connectivity index (χ1) is 8.31. The van der Waals surface area contributed by atoms with E-state index < -0.39 is 5.60 Å². The van der Waals surface area contributed by atoms with E-state index in [0.29, 0.717) is 25.4 Å². The molecule has 0 spiro atoms. The number of nitrogens with zero attached hydrogens (tertiary/aromatic N) is 1. The fourth-order valence-corrected chi connectivity index (χ4v) is 1.98. The van der Waals surface area contributed by atoms with E-state index >= 15 is 0 Å². The molecule has 0 saturated carbocycles. The van der Waals surface area contributed by atoms with Gasteiger partial charge in [-0.25, -0.2) is 4.79 Å². The Hall–Kier alpha value is -1.26. The van der Waals surface area contributed by atoms with E-state index in [1.54, 1.807) is 4.90 Å². The first kappa shape index (κ1) is 14.8. The Morgan fingerprint density at radius 2 is 2.00 bits per heavy atom. The van der Waals surface area contributed by atoms with Crippen LogP contribution in [0.3, 0.4) is 0 Å². The average Bonchev–Trinajstić information content (AvgIpc) is 2.72. The minimum absolute atomic E-state index is 0.189. The van der Waals surface area contributed by atoms with Gasteiger partial charge in [-0.1, -0.05) is 0 Å². The van der Waals surface area contributed by atoms with Crippen molar-refractivity contribution in [1.82, 2.24) is 4.90 Å². The maximum Gasteiger partial charge on any atom is 0.410 e. The molecule has 18 heavy (non-hydrogen) atoms. The maximum absolute atomic E-state index is 11.8. The first-order valence-corrected chi connectivity index (χ1v) is 6.36. The number of likely N-dealkylation sites (tertiary alicyclic amines) is 1. The molecule has 0 aromatic carbocycles. The number of methoxy groups -OCH3 is 1. The lowest BCUT2D eigenvalue weighted by Gasteiger charge is -2.24. The number of carbonyl (C=O) groups is 2. The van der Waals surface area contributed by atoms with Gasteiger partial charge in [0.05, 0.1) is 7.11 Å². The summed E-state index contributed by atoms with van der Waals surface area (Å²) < 4.78 is 9.92. The standard InChI is InChI=1S/C13H23NO4/c1-13(2,3)18-12(16)14-8-7-10(9-14)5-6-11(15)17-4/h10H,5-9H2,1-4H3/t10-/m1/s1. The number of carbonyl (C=O) groups excluding carboxylic acids is 2. The van der Waals surface area contributed by atoms with Gasteiger partial charge in [-0.2, -0.15) is 0 Å². The Morgan fingerprint density at radius 1 is 1.33 bits per heavy atom. The van der Waals surface area contributed by atoms with Gasteiger partial charge in [0.25, 0.3) is 0 Å². The van der Waals surface area contributed by atoms with Crippen LogP contribution in [0.5, 0.6) is 0 Å². The van der Waals surface area contributed by atoms with E-state index in [-0.39, 0.29) is 12.1 Å². The van der Waals surface area contributed by atoms with E-state index in [9.17, 15) is 9.59 Å². The second kappa shape index (κ2) is 6.07. The SMILES string of the molecule is COC(=O)CC[C@@H]1CCN(C(=O)OC(C)(C)C)C1. The van der Waals surface area contributed by atoms with E-state index in [1.165, 1.54) is 7.11 Å². The maximum atomic E-state index is 11.8. The third-order valence-electron chi connectivity index (χ3n) is 2.92. The zero-order valence-corrected chi connectivity index (χ0v) is 11.7. The Kier molecular flexibility index (Phi) is 4.99. The minimum atomic E-state index is -0.457. The average molecular weight is 257 g/mol. The number of rotatable bonds is 3. The van der Waals surface area contributed by atoms with E-state index in [2.05, 4.69) is 4.74 Å². The summed E-state index contributed by atoms with van der Waals surface area (Å²) >= 11 is 0. The molecule has 0 radical (unpaired) electrons. The third kappa shape index (κ3) is 4.94. The number of ether oxygens (including phenoxy) is 2. The van der Waals surface area contributed by atoms with Crippen LogP contribution in [0.25, 0.3) is 0 Å². The largest absolute Gasteiger partial charge is 0.469 e. The number of hydrogen-bond acceptors (Lipinski definition) is 4. The Labute approximate surface area is 108 Å². The van der Waals surface area contributed by atoms with Crippen LogP contribution in [0.15, 0.2) is 0 Å². The van der Waals surface area contributed by atoms with E-state index in [4.69, 9.17) is 4.74 Å². The molecule has 5 nitrogen and oxygen atoms in total. The van der Waals surface area contributed by atoms with Gasteiger partial charge in [-0.05, 0) is 39.5 Å². The van der Waals surface area contributed by atoms with Gasteiger partial charge in [-0.15, -0.1) is 0 Å². The summed E-state index contributed by atoms with van der Waals surface area (Å²) in [5.74, 6) is 0.183. The Balaban J connectivity index is 2.32. The van der Waals surface area contributed by atoms with Crippen molar-refractivity contribution in [3.05, 3.63) is 0 Å². The van der Waals surface area contributed by atoms with Gasteiger partial charge in [0.15, 0.2) is 0 Å². The Bertz CT molecular complexity index is 309. The van der Waals surface area contributed by atoms with Crippen LogP contribution in [0.1, 0.15) is 40.0 Å². The number of amides is 1. The number of esters is 1. The van der Waals surface area contributed by atoms with Crippen LogP contribution < -0.4 is 0 Å². The fraction of sp³-hybridized carbons (Fsp3) is 0.846. The predicted octanol–water partition coefficient (Wildman–Crippen LogP) is 2.20. The number of hydrogen-bond donors (Lipinski definition) is 0. The monoisotopic (exact) mass is 257 g/mol. The van der Waals surface area contributed by atoms with Gasteiger partial charge >= 0.3 is 12.1 Å². The van der Waals surface area contributed by atoms with Crippen molar-refractivity contribution in [1.29, 1.82) is 0 Å². The summed E-state index contributed by atoms with van der Waals surface area (Å²) in [6, 6.07) is 0. The molecule has 0 aliphatic carbocycles. The molecule has 1 aliphatic heterocycles. The molecule has 1 aliphatic rings. The predicted molar refractivity (Wildman–Crippen MR) is 67.2 cm³/mol. The van der Waals surface area contributed by atoms with Crippen LogP contribution >= 0.6 is 0 Å². The lowest BCUT2D eigenvalue weighted by atomic mass is 10.0. The smallest absolute Gasteiger partial charge is 0.410 e. The van der Waals surface area contributed by atoms with Gasteiger partial charge in [0, 0.05) is 19.5 Å². The van der Waals surface area contributed by atoms with Crippen molar-refractivity contribution >= 4 is 12.1 Å². The quantitative estimate of drug-likeness (QED) is 0.727. The van der Waals surface area contributed by atoms with Crippen molar-refractivity contribution in [2.45, 2.75) is 45.6 Å². The molecule has 0 aromatic heterocycles. The van der Waals surface area contributed by atoms with Crippen LogP contribution in [0.4, 0.5) is 4.79 Å². The summed E-state index contributed by atoms with van der Waals surface area (Å²) in [7, 11) is 1.39. The molecule has 1 fully saturated rings.